The van der Waals surface area contributed by atoms with E-state index in [4.69, 9.17) is 12.2 Å². The topological polar surface area (TPSA) is 120 Å². The molecular weight excluding hydrogens is 270 g/mol. The van der Waals surface area contributed by atoms with Crippen LogP contribution in [0.5, 0.6) is 0 Å². The number of hydrogen-bond acceptors (Lipinski definition) is 7. The quantitative estimate of drug-likeness (QED) is 0.530. The molecular formula is C10H13N5O3S. The summed E-state index contributed by atoms with van der Waals surface area (Å²) in [5.74, 6) is -0.371. The van der Waals surface area contributed by atoms with E-state index in [9.17, 15) is 15.3 Å². The highest BCUT2D eigenvalue weighted by atomic mass is 32.1. The van der Waals surface area contributed by atoms with Crippen molar-refractivity contribution < 1.29 is 15.3 Å². The molecule has 2 aromatic rings. The second-order valence-electron chi connectivity index (χ2n) is 4.67. The third kappa shape index (κ3) is 1.86. The molecule has 1 saturated carbocycles. The van der Waals surface area contributed by atoms with Crippen LogP contribution < -0.4 is 0 Å². The van der Waals surface area contributed by atoms with Crippen LogP contribution in [0.4, 0.5) is 0 Å². The van der Waals surface area contributed by atoms with Crippen LogP contribution in [0.1, 0.15) is 12.5 Å². The number of fused-ring (bicyclic) bond motifs is 1. The fraction of sp³-hybridized carbons (Fsp3) is 0.600. The minimum Gasteiger partial charge on any atom is -0.396 e. The van der Waals surface area contributed by atoms with Gasteiger partial charge in [0.2, 0.25) is 0 Å². The summed E-state index contributed by atoms with van der Waals surface area (Å²) in [5, 5.41) is 37.0. The van der Waals surface area contributed by atoms with Gasteiger partial charge in [0.1, 0.15) is 6.10 Å². The molecule has 0 bridgehead atoms. The molecule has 0 spiro atoms. The number of H-pyrrole nitrogens is 1. The molecule has 2 heterocycles. The first kappa shape index (κ1) is 12.6. The lowest BCUT2D eigenvalue weighted by molar-refractivity contribution is -0.00511. The zero-order chi connectivity index (χ0) is 13.6. The Morgan fingerprint density at radius 1 is 1.42 bits per heavy atom. The van der Waals surface area contributed by atoms with Crippen molar-refractivity contribution in [2.45, 2.75) is 24.7 Å². The molecule has 102 valence electrons. The zero-order valence-electron chi connectivity index (χ0n) is 9.84. The molecule has 0 saturated heterocycles. The lowest BCUT2D eigenvalue weighted by Gasteiger charge is -2.16. The fourth-order valence-electron chi connectivity index (χ4n) is 2.54. The summed E-state index contributed by atoms with van der Waals surface area (Å²) in [7, 11) is 0. The van der Waals surface area contributed by atoms with Gasteiger partial charge >= 0.3 is 0 Å². The molecule has 9 heteroatoms. The maximum atomic E-state index is 10.1. The molecule has 1 fully saturated rings. The third-order valence-electron chi connectivity index (χ3n) is 3.60. The summed E-state index contributed by atoms with van der Waals surface area (Å²) in [4.78, 5) is 6.79. The van der Waals surface area contributed by atoms with Gasteiger partial charge in [-0.05, 0) is 6.42 Å². The van der Waals surface area contributed by atoms with Gasteiger partial charge in [-0.25, -0.2) is 9.67 Å². The fourth-order valence-corrected chi connectivity index (χ4v) is 2.73. The third-order valence-corrected chi connectivity index (χ3v) is 3.90. The number of aromatic amines is 1. The van der Waals surface area contributed by atoms with E-state index in [0.717, 1.165) is 0 Å². The Morgan fingerprint density at radius 3 is 2.89 bits per heavy atom. The number of aliphatic hydroxyl groups excluding tert-OH is 3. The largest absolute Gasteiger partial charge is 0.396 e. The van der Waals surface area contributed by atoms with Crippen molar-refractivity contribution in [1.29, 1.82) is 0 Å². The zero-order valence-corrected chi connectivity index (χ0v) is 10.7. The van der Waals surface area contributed by atoms with Crippen LogP contribution in [-0.4, -0.2) is 59.1 Å². The molecule has 2 aromatic heterocycles. The van der Waals surface area contributed by atoms with Crippen LogP contribution in [0, 0.1) is 10.6 Å². The summed E-state index contributed by atoms with van der Waals surface area (Å²) in [5.41, 5.74) is 1.00. The number of hydrogen-bond donors (Lipinski definition) is 4. The number of nitrogens with zero attached hydrogens (tertiary/aromatic N) is 4. The smallest absolute Gasteiger partial charge is 0.166 e. The lowest BCUT2D eigenvalue weighted by atomic mass is 10.1. The Balaban J connectivity index is 2.06. The predicted molar refractivity (Wildman–Crippen MR) is 66.8 cm³/mol. The van der Waals surface area contributed by atoms with E-state index in [0.29, 0.717) is 22.2 Å². The highest BCUT2D eigenvalue weighted by Gasteiger charge is 2.43. The van der Waals surface area contributed by atoms with Crippen molar-refractivity contribution in [2.75, 3.05) is 6.61 Å². The Hall–Kier alpha value is -1.42. The highest BCUT2D eigenvalue weighted by molar-refractivity contribution is 7.71. The van der Waals surface area contributed by atoms with E-state index in [1.807, 2.05) is 0 Å². The van der Waals surface area contributed by atoms with Gasteiger partial charge in [-0.1, -0.05) is 17.4 Å². The van der Waals surface area contributed by atoms with Gasteiger partial charge < -0.3 is 20.3 Å². The normalized spacial score (nSPS) is 31.1. The minimum absolute atomic E-state index is 0.182. The van der Waals surface area contributed by atoms with Crippen molar-refractivity contribution >= 4 is 23.4 Å². The first-order valence-corrected chi connectivity index (χ1v) is 6.30. The van der Waals surface area contributed by atoms with Gasteiger partial charge in [0.05, 0.1) is 18.5 Å². The van der Waals surface area contributed by atoms with Crippen LogP contribution in [0.15, 0.2) is 6.33 Å². The molecule has 0 aliphatic heterocycles. The molecule has 19 heavy (non-hydrogen) atoms. The van der Waals surface area contributed by atoms with E-state index < -0.39 is 18.2 Å². The summed E-state index contributed by atoms with van der Waals surface area (Å²) in [6, 6.07) is -0.454. The van der Waals surface area contributed by atoms with Gasteiger partial charge in [0.25, 0.3) is 0 Å². The summed E-state index contributed by atoms with van der Waals surface area (Å²) in [6.45, 7) is -0.182. The predicted octanol–water partition coefficient (Wildman–Crippen LogP) is -0.841. The Kier molecular flexibility index (Phi) is 3.05. The molecule has 4 unspecified atom stereocenters. The first-order valence-electron chi connectivity index (χ1n) is 5.89. The summed E-state index contributed by atoms with van der Waals surface area (Å²) < 4.78 is 1.82. The van der Waals surface area contributed by atoms with Crippen LogP contribution in [0.2, 0.25) is 0 Å². The molecule has 4 N–H and O–H groups in total. The van der Waals surface area contributed by atoms with Gasteiger partial charge in [-0.3, -0.25) is 0 Å². The standard InChI is InChI=1S/C10H13N5O3S/c16-2-4-1-5(8(18)7(4)17)15-9-6(13-14-15)10(19)12-3-11-9/h3-5,7-8,16-18H,1-2H2,(H,11,12,19). The van der Waals surface area contributed by atoms with E-state index in [1.165, 1.54) is 11.0 Å². The minimum atomic E-state index is -1.00. The van der Waals surface area contributed by atoms with Crippen molar-refractivity contribution in [3.8, 4) is 0 Å². The molecule has 0 radical (unpaired) electrons. The van der Waals surface area contributed by atoms with Gasteiger partial charge in [0, 0.05) is 12.5 Å². The lowest BCUT2D eigenvalue weighted by Crippen LogP contribution is -2.30. The molecule has 4 atom stereocenters. The van der Waals surface area contributed by atoms with Crippen LogP contribution in [0.3, 0.4) is 0 Å². The number of aliphatic hydroxyl groups is 3. The van der Waals surface area contributed by atoms with Gasteiger partial charge in [-0.2, -0.15) is 0 Å². The molecule has 0 amide bonds. The maximum absolute atomic E-state index is 10.1. The molecule has 0 aromatic carbocycles. The molecule has 1 aliphatic carbocycles. The number of aromatic nitrogens is 5. The average molecular weight is 283 g/mol. The SMILES string of the molecule is OCC1CC(n2nnc3c(=S)nc[nH]c32)C(O)C1O. The van der Waals surface area contributed by atoms with E-state index >= 15 is 0 Å². The second kappa shape index (κ2) is 4.60. The van der Waals surface area contributed by atoms with Crippen LogP contribution in [0.25, 0.3) is 11.2 Å². The second-order valence-corrected chi connectivity index (χ2v) is 5.05. The van der Waals surface area contributed by atoms with Crippen LogP contribution >= 0.6 is 12.2 Å². The molecule has 1 aliphatic rings. The van der Waals surface area contributed by atoms with Gasteiger partial charge in [-0.15, -0.1) is 5.10 Å². The molecule has 8 nitrogen and oxygen atoms in total. The maximum Gasteiger partial charge on any atom is 0.166 e. The summed E-state index contributed by atoms with van der Waals surface area (Å²) in [6.07, 6.45) is -0.122. The highest BCUT2D eigenvalue weighted by Crippen LogP contribution is 2.35. The van der Waals surface area contributed by atoms with E-state index in [1.54, 1.807) is 0 Å². The van der Waals surface area contributed by atoms with Crippen molar-refractivity contribution in [3.05, 3.63) is 11.0 Å². The Labute approximate surface area is 112 Å². The summed E-state index contributed by atoms with van der Waals surface area (Å²) >= 11 is 5.04. The van der Waals surface area contributed by atoms with Crippen molar-refractivity contribution in [3.63, 3.8) is 0 Å². The average Bonchev–Trinajstić information content (AvgIpc) is 2.94. The molecule has 3 rings (SSSR count). The monoisotopic (exact) mass is 283 g/mol. The number of rotatable bonds is 2. The Bertz CT molecular complexity index is 656. The van der Waals surface area contributed by atoms with Crippen molar-refractivity contribution in [1.82, 2.24) is 25.0 Å². The number of nitrogens with one attached hydrogen (secondary N) is 1. The van der Waals surface area contributed by atoms with E-state index in [2.05, 4.69) is 20.3 Å². The van der Waals surface area contributed by atoms with Gasteiger partial charge in [0.15, 0.2) is 15.8 Å². The van der Waals surface area contributed by atoms with Crippen LogP contribution in [-0.2, 0) is 0 Å². The van der Waals surface area contributed by atoms with E-state index in [-0.39, 0.29) is 12.5 Å². The Morgan fingerprint density at radius 2 is 2.21 bits per heavy atom. The van der Waals surface area contributed by atoms with Crippen molar-refractivity contribution in [2.24, 2.45) is 5.92 Å². The first-order chi connectivity index (χ1) is 9.13.